The Bertz CT molecular complexity index is 702. The molecule has 2 aromatic rings. The molecule has 0 unspecified atom stereocenters. The van der Waals surface area contributed by atoms with Crippen LogP contribution in [0.15, 0.2) is 30.5 Å². The highest BCUT2D eigenvalue weighted by atomic mass is 35.5. The molecule has 5 heteroatoms. The van der Waals surface area contributed by atoms with Gasteiger partial charge in [-0.3, -0.25) is 9.78 Å². The maximum atomic E-state index is 13.2. The summed E-state index contributed by atoms with van der Waals surface area (Å²) in [6.45, 7) is 2.36. The summed E-state index contributed by atoms with van der Waals surface area (Å²) in [4.78, 5) is 18.2. The summed E-state index contributed by atoms with van der Waals surface area (Å²) in [5, 5.41) is 0.516. The number of amides is 1. The standard InChI is InChI=1S/C15H12ClFN2O/c1-9-8-18-13(7-12(9)16)15(20)19-5-4-10-6-11(17)2-3-14(10)19/h2-3,6-8H,4-5H2,1H3. The number of nitrogens with zero attached hydrogens (tertiary/aromatic N) is 2. The van der Waals surface area contributed by atoms with E-state index in [2.05, 4.69) is 4.98 Å². The van der Waals surface area contributed by atoms with Crippen molar-refractivity contribution in [1.29, 1.82) is 0 Å². The van der Waals surface area contributed by atoms with Crippen molar-refractivity contribution in [2.24, 2.45) is 0 Å². The first-order valence-electron chi connectivity index (χ1n) is 6.28. The summed E-state index contributed by atoms with van der Waals surface area (Å²) >= 11 is 6.03. The van der Waals surface area contributed by atoms with E-state index in [0.717, 1.165) is 16.8 Å². The minimum Gasteiger partial charge on any atom is -0.306 e. The zero-order valence-electron chi connectivity index (χ0n) is 10.9. The number of aromatic nitrogens is 1. The van der Waals surface area contributed by atoms with Gasteiger partial charge in [-0.15, -0.1) is 0 Å². The van der Waals surface area contributed by atoms with Gasteiger partial charge < -0.3 is 4.90 Å². The number of pyridine rings is 1. The zero-order chi connectivity index (χ0) is 14.3. The Balaban J connectivity index is 1.95. The highest BCUT2D eigenvalue weighted by molar-refractivity contribution is 6.31. The minimum atomic E-state index is -0.283. The molecule has 0 atom stereocenters. The van der Waals surface area contributed by atoms with Gasteiger partial charge in [0.25, 0.3) is 5.91 Å². The number of rotatable bonds is 1. The number of aryl methyl sites for hydroxylation is 1. The Labute approximate surface area is 121 Å². The average Bonchev–Trinajstić information content (AvgIpc) is 2.84. The largest absolute Gasteiger partial charge is 0.306 e. The molecule has 1 aliphatic rings. The van der Waals surface area contributed by atoms with Crippen LogP contribution in [0.5, 0.6) is 0 Å². The lowest BCUT2D eigenvalue weighted by atomic mass is 10.1. The molecule has 0 spiro atoms. The van der Waals surface area contributed by atoms with Gasteiger partial charge in [0, 0.05) is 23.5 Å². The Morgan fingerprint density at radius 3 is 2.95 bits per heavy atom. The van der Waals surface area contributed by atoms with Crippen LogP contribution in [0.3, 0.4) is 0 Å². The predicted molar refractivity (Wildman–Crippen MR) is 75.8 cm³/mol. The van der Waals surface area contributed by atoms with Crippen LogP contribution in [0.2, 0.25) is 5.02 Å². The second kappa shape index (κ2) is 4.87. The summed E-state index contributed by atoms with van der Waals surface area (Å²) in [6.07, 6.45) is 2.23. The average molecular weight is 291 g/mol. The monoisotopic (exact) mass is 290 g/mol. The first-order chi connectivity index (χ1) is 9.56. The molecule has 102 valence electrons. The zero-order valence-corrected chi connectivity index (χ0v) is 11.6. The second-order valence-corrected chi connectivity index (χ2v) is 5.21. The van der Waals surface area contributed by atoms with Crippen molar-refractivity contribution in [3.63, 3.8) is 0 Å². The molecule has 3 rings (SSSR count). The summed E-state index contributed by atoms with van der Waals surface area (Å²) in [6, 6.07) is 6.03. The number of hydrogen-bond acceptors (Lipinski definition) is 2. The summed E-state index contributed by atoms with van der Waals surface area (Å²) < 4.78 is 13.2. The molecule has 0 bridgehead atoms. The summed E-state index contributed by atoms with van der Waals surface area (Å²) in [5.41, 5.74) is 2.72. The van der Waals surface area contributed by atoms with E-state index in [-0.39, 0.29) is 11.7 Å². The fourth-order valence-electron chi connectivity index (χ4n) is 2.34. The van der Waals surface area contributed by atoms with E-state index < -0.39 is 0 Å². The number of hydrogen-bond donors (Lipinski definition) is 0. The molecule has 1 aromatic carbocycles. The molecule has 0 fully saturated rings. The van der Waals surface area contributed by atoms with E-state index in [4.69, 9.17) is 11.6 Å². The van der Waals surface area contributed by atoms with Gasteiger partial charge in [-0.2, -0.15) is 0 Å². The first-order valence-corrected chi connectivity index (χ1v) is 6.66. The summed E-state index contributed by atoms with van der Waals surface area (Å²) in [5.74, 6) is -0.494. The van der Waals surface area contributed by atoms with Crippen LogP contribution in [0, 0.1) is 12.7 Å². The Kier molecular flexibility index (Phi) is 3.18. The lowest BCUT2D eigenvalue weighted by Crippen LogP contribution is -2.29. The number of carbonyl (C=O) groups is 1. The highest BCUT2D eigenvalue weighted by Gasteiger charge is 2.26. The van der Waals surface area contributed by atoms with Crippen molar-refractivity contribution in [2.45, 2.75) is 13.3 Å². The molecule has 1 amide bonds. The van der Waals surface area contributed by atoms with Crippen molar-refractivity contribution >= 4 is 23.2 Å². The van der Waals surface area contributed by atoms with Crippen LogP contribution in [0.25, 0.3) is 0 Å². The highest BCUT2D eigenvalue weighted by Crippen LogP contribution is 2.30. The molecule has 0 aliphatic carbocycles. The smallest absolute Gasteiger partial charge is 0.276 e. The van der Waals surface area contributed by atoms with Crippen molar-refractivity contribution in [1.82, 2.24) is 4.98 Å². The van der Waals surface area contributed by atoms with Crippen LogP contribution < -0.4 is 4.90 Å². The van der Waals surface area contributed by atoms with Gasteiger partial charge in [0.2, 0.25) is 0 Å². The SMILES string of the molecule is Cc1cnc(C(=O)N2CCc3cc(F)ccc32)cc1Cl. The fourth-order valence-corrected chi connectivity index (χ4v) is 2.49. The molecule has 2 heterocycles. The first kappa shape index (κ1) is 13.1. The number of anilines is 1. The van der Waals surface area contributed by atoms with E-state index in [1.54, 1.807) is 23.2 Å². The molecule has 1 aliphatic heterocycles. The number of halogens is 2. The van der Waals surface area contributed by atoms with Crippen LogP contribution in [0.4, 0.5) is 10.1 Å². The third-order valence-electron chi connectivity index (χ3n) is 3.44. The van der Waals surface area contributed by atoms with E-state index in [1.165, 1.54) is 12.1 Å². The third kappa shape index (κ3) is 2.16. The predicted octanol–water partition coefficient (Wildman–Crippen LogP) is 3.39. The van der Waals surface area contributed by atoms with Crippen molar-refractivity contribution in [2.75, 3.05) is 11.4 Å². The Morgan fingerprint density at radius 1 is 1.40 bits per heavy atom. The maximum Gasteiger partial charge on any atom is 0.276 e. The molecule has 20 heavy (non-hydrogen) atoms. The van der Waals surface area contributed by atoms with Crippen LogP contribution in [0.1, 0.15) is 21.6 Å². The molecule has 0 saturated heterocycles. The maximum absolute atomic E-state index is 13.2. The minimum absolute atomic E-state index is 0.211. The lowest BCUT2D eigenvalue weighted by Gasteiger charge is -2.17. The number of carbonyl (C=O) groups excluding carboxylic acids is 1. The Hall–Kier alpha value is -1.94. The number of fused-ring (bicyclic) bond motifs is 1. The van der Waals surface area contributed by atoms with E-state index in [9.17, 15) is 9.18 Å². The van der Waals surface area contributed by atoms with Gasteiger partial charge in [-0.1, -0.05) is 11.6 Å². The van der Waals surface area contributed by atoms with Crippen LogP contribution in [-0.2, 0) is 6.42 Å². The molecule has 0 saturated carbocycles. The van der Waals surface area contributed by atoms with Gasteiger partial charge >= 0.3 is 0 Å². The molecular formula is C15H12ClFN2O. The van der Waals surface area contributed by atoms with Gasteiger partial charge in [0.15, 0.2) is 0 Å². The normalized spacial score (nSPS) is 13.4. The van der Waals surface area contributed by atoms with Gasteiger partial charge in [0.05, 0.1) is 0 Å². The lowest BCUT2D eigenvalue weighted by molar-refractivity contribution is 0.0984. The quantitative estimate of drug-likeness (QED) is 0.806. The van der Waals surface area contributed by atoms with Crippen molar-refractivity contribution in [3.05, 3.63) is 58.1 Å². The van der Waals surface area contributed by atoms with Gasteiger partial charge in [-0.05, 0) is 48.7 Å². The molecule has 3 nitrogen and oxygen atoms in total. The molecule has 1 aromatic heterocycles. The van der Waals surface area contributed by atoms with Gasteiger partial charge in [-0.25, -0.2) is 4.39 Å². The van der Waals surface area contributed by atoms with E-state index >= 15 is 0 Å². The second-order valence-electron chi connectivity index (χ2n) is 4.80. The van der Waals surface area contributed by atoms with Crippen LogP contribution in [-0.4, -0.2) is 17.4 Å². The van der Waals surface area contributed by atoms with Gasteiger partial charge in [0.1, 0.15) is 11.5 Å². The third-order valence-corrected chi connectivity index (χ3v) is 3.85. The van der Waals surface area contributed by atoms with Crippen molar-refractivity contribution < 1.29 is 9.18 Å². The Morgan fingerprint density at radius 2 is 2.20 bits per heavy atom. The molecular weight excluding hydrogens is 279 g/mol. The van der Waals surface area contributed by atoms with E-state index in [1.807, 2.05) is 6.92 Å². The van der Waals surface area contributed by atoms with Crippen molar-refractivity contribution in [3.8, 4) is 0 Å². The summed E-state index contributed by atoms with van der Waals surface area (Å²) in [7, 11) is 0. The van der Waals surface area contributed by atoms with E-state index in [0.29, 0.717) is 23.7 Å². The van der Waals surface area contributed by atoms with Crippen LogP contribution >= 0.6 is 11.6 Å². The number of benzene rings is 1. The molecule has 0 radical (unpaired) electrons. The topological polar surface area (TPSA) is 33.2 Å². The fraction of sp³-hybridized carbons (Fsp3) is 0.200. The molecule has 0 N–H and O–H groups in total.